The lowest BCUT2D eigenvalue weighted by Gasteiger charge is -2.07. The Balaban J connectivity index is 1.54. The Morgan fingerprint density at radius 3 is 2.57 bits per heavy atom. The number of nitrogens with one attached hydrogen (secondary N) is 1. The van der Waals surface area contributed by atoms with E-state index < -0.39 is 0 Å². The second kappa shape index (κ2) is 8.00. The number of methoxy groups -OCH3 is 1. The molecule has 2 heterocycles. The van der Waals surface area contributed by atoms with Gasteiger partial charge in [-0.15, -0.1) is 0 Å². The third-order valence-corrected chi connectivity index (χ3v) is 4.77. The van der Waals surface area contributed by atoms with E-state index in [1.54, 1.807) is 42.9 Å². The van der Waals surface area contributed by atoms with Gasteiger partial charge >= 0.3 is 0 Å². The van der Waals surface area contributed by atoms with E-state index in [1.165, 1.54) is 7.11 Å². The van der Waals surface area contributed by atoms with E-state index in [4.69, 9.17) is 20.9 Å². The molecule has 0 atom stereocenters. The molecule has 0 fully saturated rings. The van der Waals surface area contributed by atoms with E-state index in [0.29, 0.717) is 39.4 Å². The molecule has 152 valence electrons. The quantitative estimate of drug-likeness (QED) is 0.509. The average Bonchev–Trinajstić information content (AvgIpc) is 3.34. The lowest BCUT2D eigenvalue weighted by molar-refractivity contribution is 0.102. The highest BCUT2D eigenvalue weighted by atomic mass is 35.5. The van der Waals surface area contributed by atoms with Gasteiger partial charge in [-0.3, -0.25) is 4.79 Å². The largest absolute Gasteiger partial charge is 0.495 e. The van der Waals surface area contributed by atoms with Crippen molar-refractivity contribution in [1.29, 1.82) is 0 Å². The van der Waals surface area contributed by atoms with Crippen LogP contribution in [-0.4, -0.2) is 32.9 Å². The first-order valence-electron chi connectivity index (χ1n) is 9.07. The number of amides is 1. The number of anilines is 1. The number of rotatable bonds is 5. The van der Waals surface area contributed by atoms with Gasteiger partial charge in [0.05, 0.1) is 29.1 Å². The lowest BCUT2D eigenvalue weighted by atomic mass is 10.2. The summed E-state index contributed by atoms with van der Waals surface area (Å²) in [7, 11) is 1.53. The van der Waals surface area contributed by atoms with E-state index in [0.717, 1.165) is 11.3 Å². The molecule has 0 saturated carbocycles. The van der Waals surface area contributed by atoms with E-state index >= 15 is 0 Å². The predicted octanol–water partition coefficient (Wildman–Crippen LogP) is 4.45. The van der Waals surface area contributed by atoms with Gasteiger partial charge in [0.2, 0.25) is 11.7 Å². The van der Waals surface area contributed by atoms with Crippen molar-refractivity contribution in [2.24, 2.45) is 0 Å². The number of halogens is 1. The maximum atomic E-state index is 12.7. The van der Waals surface area contributed by atoms with E-state index in [2.05, 4.69) is 20.6 Å². The topological polar surface area (TPSA) is 95.1 Å². The third kappa shape index (κ3) is 3.90. The molecule has 0 aliphatic rings. The van der Waals surface area contributed by atoms with Crippen LogP contribution in [0, 0.1) is 13.8 Å². The van der Waals surface area contributed by atoms with Crippen LogP contribution in [0.3, 0.4) is 0 Å². The molecule has 0 bridgehead atoms. The maximum absolute atomic E-state index is 12.7. The molecule has 0 aliphatic heterocycles. The summed E-state index contributed by atoms with van der Waals surface area (Å²) in [6.45, 7) is 3.52. The fourth-order valence-electron chi connectivity index (χ4n) is 2.94. The van der Waals surface area contributed by atoms with Crippen molar-refractivity contribution >= 4 is 23.2 Å². The Morgan fingerprint density at radius 1 is 1.17 bits per heavy atom. The van der Waals surface area contributed by atoms with Crippen molar-refractivity contribution in [3.05, 3.63) is 70.8 Å². The first kappa shape index (κ1) is 19.7. The fraction of sp³-hybridized carbons (Fsp3) is 0.143. The first-order chi connectivity index (χ1) is 14.4. The van der Waals surface area contributed by atoms with Crippen molar-refractivity contribution in [3.63, 3.8) is 0 Å². The van der Waals surface area contributed by atoms with Crippen LogP contribution in [0.4, 0.5) is 5.69 Å². The number of benzene rings is 2. The number of ether oxygens (including phenoxy) is 1. The van der Waals surface area contributed by atoms with Gasteiger partial charge in [0.25, 0.3) is 5.91 Å². The number of hydrogen-bond donors (Lipinski definition) is 1. The van der Waals surface area contributed by atoms with Crippen LogP contribution >= 0.6 is 11.6 Å². The molecule has 2 aromatic carbocycles. The molecule has 0 unspecified atom stereocenters. The minimum absolute atomic E-state index is 0.279. The number of carbonyl (C=O) groups is 1. The Labute approximate surface area is 177 Å². The van der Waals surface area contributed by atoms with Crippen molar-refractivity contribution in [3.8, 4) is 22.8 Å². The Bertz CT molecular complexity index is 1210. The van der Waals surface area contributed by atoms with E-state index in [9.17, 15) is 4.79 Å². The van der Waals surface area contributed by atoms with Crippen molar-refractivity contribution in [1.82, 2.24) is 19.9 Å². The van der Waals surface area contributed by atoms with Crippen LogP contribution in [0.5, 0.6) is 5.75 Å². The molecular formula is C21H18ClN5O3. The second-order valence-electron chi connectivity index (χ2n) is 6.56. The van der Waals surface area contributed by atoms with E-state index in [1.807, 2.05) is 24.3 Å². The highest BCUT2D eigenvalue weighted by molar-refractivity contribution is 6.32. The minimum Gasteiger partial charge on any atom is -0.495 e. The maximum Gasteiger partial charge on any atom is 0.259 e. The summed E-state index contributed by atoms with van der Waals surface area (Å²) in [6, 6.07) is 12.5. The van der Waals surface area contributed by atoms with Crippen molar-refractivity contribution < 1.29 is 14.1 Å². The van der Waals surface area contributed by atoms with Crippen LogP contribution in [0.25, 0.3) is 17.1 Å². The number of nitrogens with zero attached hydrogens (tertiary/aromatic N) is 4. The molecule has 0 radical (unpaired) electrons. The standard InChI is InChI=1S/C21H18ClN5O3/c1-12-17(21(28)24-15-6-9-19(29-3)18(22)10-15)11-27(25-12)16-7-4-14(5-8-16)20-23-13(2)30-26-20/h4-11H,1-3H3,(H,24,28). The Kier molecular flexibility index (Phi) is 5.24. The van der Waals surface area contributed by atoms with Crippen LogP contribution in [0.2, 0.25) is 5.02 Å². The molecule has 4 aromatic rings. The first-order valence-corrected chi connectivity index (χ1v) is 9.44. The molecule has 0 saturated heterocycles. The smallest absolute Gasteiger partial charge is 0.259 e. The van der Waals surface area contributed by atoms with Crippen LogP contribution in [-0.2, 0) is 0 Å². The highest BCUT2D eigenvalue weighted by Crippen LogP contribution is 2.27. The Morgan fingerprint density at radius 2 is 1.93 bits per heavy atom. The zero-order valence-corrected chi connectivity index (χ0v) is 17.3. The number of carbonyl (C=O) groups excluding carboxylic acids is 1. The molecule has 8 nitrogen and oxygen atoms in total. The monoisotopic (exact) mass is 423 g/mol. The van der Waals surface area contributed by atoms with Crippen LogP contribution in [0.15, 0.2) is 53.2 Å². The van der Waals surface area contributed by atoms with Gasteiger partial charge in [-0.1, -0.05) is 16.8 Å². The third-order valence-electron chi connectivity index (χ3n) is 4.47. The number of hydrogen-bond acceptors (Lipinski definition) is 6. The average molecular weight is 424 g/mol. The molecule has 0 aliphatic carbocycles. The lowest BCUT2D eigenvalue weighted by Crippen LogP contribution is -2.12. The summed E-state index contributed by atoms with van der Waals surface area (Å²) < 4.78 is 11.8. The molecular weight excluding hydrogens is 406 g/mol. The van der Waals surface area contributed by atoms with E-state index in [-0.39, 0.29) is 5.91 Å². The van der Waals surface area contributed by atoms with Crippen molar-refractivity contribution in [2.45, 2.75) is 13.8 Å². The zero-order chi connectivity index (χ0) is 21.3. The fourth-order valence-corrected chi connectivity index (χ4v) is 3.20. The van der Waals surface area contributed by atoms with Gasteiger partial charge in [-0.25, -0.2) is 4.68 Å². The summed E-state index contributed by atoms with van der Waals surface area (Å²) in [6.07, 6.45) is 1.68. The van der Waals surface area contributed by atoms with Gasteiger partial charge < -0.3 is 14.6 Å². The molecule has 2 aromatic heterocycles. The normalized spacial score (nSPS) is 10.8. The summed E-state index contributed by atoms with van der Waals surface area (Å²) in [4.78, 5) is 16.9. The van der Waals surface area contributed by atoms with Crippen LogP contribution in [0.1, 0.15) is 21.9 Å². The summed E-state index contributed by atoms with van der Waals surface area (Å²) >= 11 is 6.13. The zero-order valence-electron chi connectivity index (χ0n) is 16.5. The van der Waals surface area contributed by atoms with Gasteiger partial charge in [0.1, 0.15) is 5.75 Å². The predicted molar refractivity (Wildman–Crippen MR) is 112 cm³/mol. The molecule has 1 N–H and O–H groups in total. The SMILES string of the molecule is COc1ccc(NC(=O)c2cn(-c3ccc(-c4noc(C)n4)cc3)nc2C)cc1Cl. The van der Waals surface area contributed by atoms with Gasteiger partial charge in [-0.05, 0) is 49.4 Å². The number of aryl methyl sites for hydroxylation is 2. The molecule has 9 heteroatoms. The van der Waals surface area contributed by atoms with Gasteiger partial charge in [-0.2, -0.15) is 10.1 Å². The Hall–Kier alpha value is -3.65. The highest BCUT2D eigenvalue weighted by Gasteiger charge is 2.15. The summed E-state index contributed by atoms with van der Waals surface area (Å²) in [5.74, 6) is 1.29. The molecule has 30 heavy (non-hydrogen) atoms. The molecule has 0 spiro atoms. The molecule has 1 amide bonds. The van der Waals surface area contributed by atoms with Crippen molar-refractivity contribution in [2.75, 3.05) is 12.4 Å². The molecule has 4 rings (SSSR count). The number of aromatic nitrogens is 4. The van der Waals surface area contributed by atoms with Crippen LogP contribution < -0.4 is 10.1 Å². The summed E-state index contributed by atoms with van der Waals surface area (Å²) in [5.41, 5.74) is 3.25. The second-order valence-corrected chi connectivity index (χ2v) is 6.97. The summed E-state index contributed by atoms with van der Waals surface area (Å²) in [5, 5.41) is 11.6. The van der Waals surface area contributed by atoms with Gasteiger partial charge in [0, 0.05) is 24.4 Å². The van der Waals surface area contributed by atoms with Gasteiger partial charge in [0.15, 0.2) is 0 Å². The minimum atomic E-state index is -0.279.